The van der Waals surface area contributed by atoms with E-state index in [0.29, 0.717) is 17.8 Å². The van der Waals surface area contributed by atoms with E-state index in [1.54, 1.807) is 6.20 Å². The number of aryl methyl sites for hydroxylation is 1. The molecule has 1 saturated heterocycles. The van der Waals surface area contributed by atoms with Crippen molar-refractivity contribution in [1.29, 1.82) is 0 Å². The number of carbonyl (C=O) groups is 1. The van der Waals surface area contributed by atoms with Gasteiger partial charge in [0.25, 0.3) is 0 Å². The minimum Gasteiger partial charge on any atom is -0.359 e. The van der Waals surface area contributed by atoms with Gasteiger partial charge in [0.2, 0.25) is 11.9 Å². The van der Waals surface area contributed by atoms with E-state index in [-0.39, 0.29) is 23.6 Å². The Labute approximate surface area is 238 Å². The Balaban J connectivity index is 1.43. The first-order chi connectivity index (χ1) is 19.6. The Morgan fingerprint density at radius 3 is 2.54 bits per heavy atom. The zero-order chi connectivity index (χ0) is 29.3. The van der Waals surface area contributed by atoms with Gasteiger partial charge in [-0.3, -0.25) is 9.69 Å². The number of hydrogen-bond donors (Lipinski definition) is 3. The van der Waals surface area contributed by atoms with Crippen LogP contribution >= 0.6 is 0 Å². The van der Waals surface area contributed by atoms with Crippen LogP contribution in [0.4, 0.5) is 21.7 Å². The molecule has 1 fully saturated rings. The summed E-state index contributed by atoms with van der Waals surface area (Å²) in [6, 6.07) is 9.58. The molecule has 2 aromatic carbocycles. The molecule has 2 aromatic heterocycles. The van der Waals surface area contributed by atoms with Gasteiger partial charge in [-0.2, -0.15) is 0 Å². The number of nitrogens with one attached hydrogen (secondary N) is 3. The van der Waals surface area contributed by atoms with E-state index < -0.39 is 20.5 Å². The Bertz CT molecular complexity index is 1700. The number of fused-ring (bicyclic) bond motifs is 1. The third kappa shape index (κ3) is 5.95. The Morgan fingerprint density at radius 1 is 1.12 bits per heavy atom. The highest BCUT2D eigenvalue weighted by atomic mass is 32.2. The minimum absolute atomic E-state index is 0.0382. The first-order valence-electron chi connectivity index (χ1n) is 13.5. The van der Waals surface area contributed by atoms with Crippen molar-refractivity contribution in [3.63, 3.8) is 0 Å². The lowest BCUT2D eigenvalue weighted by Gasteiger charge is -2.36. The number of H-pyrrole nitrogens is 1. The molecule has 0 unspecified atom stereocenters. The van der Waals surface area contributed by atoms with Crippen LogP contribution in [-0.2, 0) is 14.6 Å². The first kappa shape index (κ1) is 28.7. The number of aromatic amines is 1. The predicted molar refractivity (Wildman–Crippen MR) is 159 cm³/mol. The summed E-state index contributed by atoms with van der Waals surface area (Å²) in [6.45, 7) is 7.48. The van der Waals surface area contributed by atoms with Crippen molar-refractivity contribution < 1.29 is 17.6 Å². The lowest BCUT2D eigenvalue weighted by atomic mass is 10.1. The molecule has 0 aliphatic carbocycles. The van der Waals surface area contributed by atoms with Crippen LogP contribution in [0.15, 0.2) is 53.7 Å². The molecule has 1 atom stereocenters. The molecular weight excluding hydrogens is 545 g/mol. The average molecular weight is 580 g/mol. The van der Waals surface area contributed by atoms with Gasteiger partial charge in [0.05, 0.1) is 28.6 Å². The van der Waals surface area contributed by atoms with Crippen LogP contribution < -0.4 is 10.6 Å². The molecule has 4 aromatic rings. The molecule has 1 aliphatic rings. The molecule has 10 nitrogen and oxygen atoms in total. The second-order valence-electron chi connectivity index (χ2n) is 10.4. The van der Waals surface area contributed by atoms with Gasteiger partial charge in [-0.25, -0.2) is 22.8 Å². The molecule has 216 valence electrons. The second kappa shape index (κ2) is 11.6. The van der Waals surface area contributed by atoms with Gasteiger partial charge in [0.1, 0.15) is 4.90 Å². The zero-order valence-corrected chi connectivity index (χ0v) is 24.3. The van der Waals surface area contributed by atoms with E-state index in [4.69, 9.17) is 0 Å². The molecule has 41 heavy (non-hydrogen) atoms. The fourth-order valence-electron chi connectivity index (χ4n) is 5.20. The SMILES string of the molecule is CC[C@@H](C(=O)Nc1cccc2c(-c3nc(Nc4cccc(S(C)(=O)=O)c4F)ncc3C)c[nH]c12)N1CCN(C)CC1. The Hall–Kier alpha value is -3.87. The normalized spacial score (nSPS) is 15.6. The molecule has 1 aliphatic heterocycles. The highest BCUT2D eigenvalue weighted by Gasteiger charge is 2.27. The fraction of sp³-hybridized carbons (Fsp3) is 0.345. The highest BCUT2D eigenvalue weighted by Crippen LogP contribution is 2.34. The van der Waals surface area contributed by atoms with E-state index in [2.05, 4.69) is 42.4 Å². The van der Waals surface area contributed by atoms with E-state index in [0.717, 1.165) is 54.5 Å². The standard InChI is InChI=1S/C29H34FN7O3S/c1-5-23(37-14-12-36(3)13-15-37)28(38)33-22-10-6-8-19-20(17-31-27(19)22)26-18(2)16-32-29(35-26)34-21-9-7-11-24(25(21)30)41(4,39)40/h6-11,16-17,23,31H,5,12-15H2,1-4H3,(H,33,38)(H,32,34,35)/t23-/m0/s1. The molecule has 0 saturated carbocycles. The number of rotatable bonds is 8. The number of amides is 1. The van der Waals surface area contributed by atoms with Crippen LogP contribution in [-0.4, -0.2) is 84.6 Å². The topological polar surface area (TPSA) is 123 Å². The number of sulfone groups is 1. The monoisotopic (exact) mass is 579 g/mol. The smallest absolute Gasteiger partial charge is 0.241 e. The van der Waals surface area contributed by atoms with Crippen LogP contribution in [0.3, 0.4) is 0 Å². The number of anilines is 3. The summed E-state index contributed by atoms with van der Waals surface area (Å²) in [6.07, 6.45) is 5.11. The van der Waals surface area contributed by atoms with Crippen molar-refractivity contribution in [2.75, 3.05) is 50.1 Å². The van der Waals surface area contributed by atoms with Gasteiger partial charge >= 0.3 is 0 Å². The van der Waals surface area contributed by atoms with Gasteiger partial charge in [-0.05, 0) is 44.2 Å². The van der Waals surface area contributed by atoms with E-state index in [1.165, 1.54) is 18.2 Å². The van der Waals surface area contributed by atoms with Gasteiger partial charge in [-0.15, -0.1) is 0 Å². The maximum absolute atomic E-state index is 14.9. The van der Waals surface area contributed by atoms with E-state index >= 15 is 0 Å². The molecule has 5 rings (SSSR count). The van der Waals surface area contributed by atoms with Gasteiger partial charge in [0.15, 0.2) is 15.7 Å². The molecule has 0 bridgehead atoms. The van der Waals surface area contributed by atoms with Crippen LogP contribution in [0, 0.1) is 12.7 Å². The number of para-hydroxylation sites is 1. The lowest BCUT2D eigenvalue weighted by molar-refractivity contribution is -0.122. The number of nitrogens with zero attached hydrogens (tertiary/aromatic N) is 4. The summed E-state index contributed by atoms with van der Waals surface area (Å²) < 4.78 is 38.8. The largest absolute Gasteiger partial charge is 0.359 e. The Kier molecular flexibility index (Phi) is 8.07. The van der Waals surface area contributed by atoms with Crippen molar-refractivity contribution in [2.45, 2.75) is 31.2 Å². The van der Waals surface area contributed by atoms with Crippen molar-refractivity contribution >= 4 is 44.0 Å². The lowest BCUT2D eigenvalue weighted by Crippen LogP contribution is -2.52. The maximum atomic E-state index is 14.9. The summed E-state index contributed by atoms with van der Waals surface area (Å²) in [5.74, 6) is -0.814. The quantitative estimate of drug-likeness (QED) is 0.284. The second-order valence-corrected chi connectivity index (χ2v) is 12.4. The summed E-state index contributed by atoms with van der Waals surface area (Å²) >= 11 is 0. The average Bonchev–Trinajstić information content (AvgIpc) is 3.37. The predicted octanol–water partition coefficient (Wildman–Crippen LogP) is 4.18. The molecule has 3 N–H and O–H groups in total. The van der Waals surface area contributed by atoms with Crippen molar-refractivity contribution in [3.05, 3.63) is 60.2 Å². The molecule has 12 heteroatoms. The number of aromatic nitrogens is 3. The number of hydrogen-bond acceptors (Lipinski definition) is 8. The number of likely N-dealkylation sites (N-methyl/N-ethyl adjacent to an activating group) is 1. The molecular formula is C29H34FN7O3S. The van der Waals surface area contributed by atoms with Crippen LogP contribution in [0.1, 0.15) is 18.9 Å². The van der Waals surface area contributed by atoms with Crippen molar-refractivity contribution in [2.24, 2.45) is 0 Å². The highest BCUT2D eigenvalue weighted by molar-refractivity contribution is 7.90. The number of halogens is 1. The third-order valence-corrected chi connectivity index (χ3v) is 8.59. The summed E-state index contributed by atoms with van der Waals surface area (Å²) in [5.41, 5.74) is 3.59. The van der Waals surface area contributed by atoms with Gasteiger partial charge < -0.3 is 20.5 Å². The fourth-order valence-corrected chi connectivity index (χ4v) is 5.96. The zero-order valence-electron chi connectivity index (χ0n) is 23.5. The number of benzene rings is 2. The number of piperazine rings is 1. The van der Waals surface area contributed by atoms with Gasteiger partial charge in [-0.1, -0.05) is 25.1 Å². The molecule has 0 spiro atoms. The first-order valence-corrected chi connectivity index (χ1v) is 15.4. The number of carbonyl (C=O) groups excluding carboxylic acids is 1. The molecule has 3 heterocycles. The minimum atomic E-state index is -3.75. The van der Waals surface area contributed by atoms with E-state index in [9.17, 15) is 17.6 Å². The van der Waals surface area contributed by atoms with Gasteiger partial charge in [0, 0.05) is 55.8 Å². The Morgan fingerprint density at radius 2 is 1.83 bits per heavy atom. The summed E-state index contributed by atoms with van der Waals surface area (Å²) in [7, 11) is -1.65. The van der Waals surface area contributed by atoms with E-state index in [1.807, 2.05) is 38.2 Å². The third-order valence-electron chi connectivity index (χ3n) is 7.48. The maximum Gasteiger partial charge on any atom is 0.241 e. The van der Waals surface area contributed by atoms with Crippen LogP contribution in [0.2, 0.25) is 0 Å². The molecule has 0 radical (unpaired) electrons. The van der Waals surface area contributed by atoms with Crippen molar-refractivity contribution in [3.8, 4) is 11.3 Å². The summed E-state index contributed by atoms with van der Waals surface area (Å²) in [5, 5.41) is 6.80. The van der Waals surface area contributed by atoms with Crippen molar-refractivity contribution in [1.82, 2.24) is 24.8 Å². The van der Waals surface area contributed by atoms with Crippen LogP contribution in [0.5, 0.6) is 0 Å². The summed E-state index contributed by atoms with van der Waals surface area (Å²) in [4.78, 5) is 29.7. The van der Waals surface area contributed by atoms with Crippen LogP contribution in [0.25, 0.3) is 22.2 Å². The molecule has 1 amide bonds.